The van der Waals surface area contributed by atoms with Crippen LogP contribution in [0.15, 0.2) is 0 Å². The quantitative estimate of drug-likeness (QED) is 0.448. The zero-order chi connectivity index (χ0) is 6.32. The molecule has 0 unspecified atom stereocenters. The first-order valence-corrected chi connectivity index (χ1v) is 3.33. The van der Waals surface area contributed by atoms with Gasteiger partial charge in [-0.3, -0.25) is 4.79 Å². The molecule has 0 aromatic carbocycles. The highest BCUT2D eigenvalue weighted by Gasteiger charge is 2.44. The minimum absolute atomic E-state index is 0.132. The van der Waals surface area contributed by atoms with Crippen molar-refractivity contribution in [3.05, 3.63) is 0 Å². The third kappa shape index (κ3) is 0.812. The van der Waals surface area contributed by atoms with E-state index in [0.717, 1.165) is 6.54 Å². The molecule has 0 atom stereocenters. The first kappa shape index (κ1) is 5.23. The molecule has 1 amide bonds. The van der Waals surface area contributed by atoms with E-state index in [1.165, 1.54) is 12.8 Å². The number of piperazine rings is 1. The molecule has 2 aliphatic rings. The highest BCUT2D eigenvalue weighted by molar-refractivity contribution is 5.79. The van der Waals surface area contributed by atoms with Gasteiger partial charge in [0.1, 0.15) is 0 Å². The van der Waals surface area contributed by atoms with Gasteiger partial charge in [0.25, 0.3) is 0 Å². The molecule has 0 aromatic rings. The van der Waals surface area contributed by atoms with E-state index in [1.54, 1.807) is 0 Å². The molecule has 3 heteroatoms. The van der Waals surface area contributed by atoms with E-state index in [9.17, 15) is 4.79 Å². The largest absolute Gasteiger partial charge is 0.353 e. The second kappa shape index (κ2) is 1.48. The van der Waals surface area contributed by atoms with Gasteiger partial charge in [-0.15, -0.1) is 0 Å². The molecule has 2 fully saturated rings. The van der Waals surface area contributed by atoms with Crippen molar-refractivity contribution >= 4 is 5.91 Å². The first-order chi connectivity index (χ1) is 4.31. The maximum Gasteiger partial charge on any atom is 0.234 e. The van der Waals surface area contributed by atoms with Crippen LogP contribution in [-0.4, -0.2) is 24.5 Å². The first-order valence-electron chi connectivity index (χ1n) is 3.33. The SMILES string of the molecule is O=C1CNC2(CC2)CN1. The third-order valence-electron chi connectivity index (χ3n) is 2.10. The molecular weight excluding hydrogens is 116 g/mol. The molecule has 1 heterocycles. The maximum absolute atomic E-state index is 10.6. The van der Waals surface area contributed by atoms with Crippen molar-refractivity contribution in [2.45, 2.75) is 18.4 Å². The molecule has 1 aliphatic heterocycles. The Hall–Kier alpha value is -0.570. The molecule has 1 saturated heterocycles. The summed E-state index contributed by atoms with van der Waals surface area (Å²) in [7, 11) is 0. The lowest BCUT2D eigenvalue weighted by molar-refractivity contribution is -0.121. The zero-order valence-corrected chi connectivity index (χ0v) is 5.24. The number of carbonyl (C=O) groups is 1. The standard InChI is InChI=1S/C6H10N2O/c9-5-3-8-6(1-2-6)4-7-5/h8H,1-4H2,(H,7,9). The molecule has 0 radical (unpaired) electrons. The summed E-state index contributed by atoms with van der Waals surface area (Å²) in [5.41, 5.74) is 0.327. The van der Waals surface area contributed by atoms with E-state index >= 15 is 0 Å². The minimum atomic E-state index is 0.132. The van der Waals surface area contributed by atoms with Crippen LogP contribution >= 0.6 is 0 Å². The molecule has 3 nitrogen and oxygen atoms in total. The molecule has 0 bridgehead atoms. The summed E-state index contributed by atoms with van der Waals surface area (Å²) >= 11 is 0. The summed E-state index contributed by atoms with van der Waals surface area (Å²) in [5, 5.41) is 6.04. The van der Waals surface area contributed by atoms with Gasteiger partial charge in [-0.1, -0.05) is 0 Å². The van der Waals surface area contributed by atoms with E-state index < -0.39 is 0 Å². The topological polar surface area (TPSA) is 41.1 Å². The van der Waals surface area contributed by atoms with Gasteiger partial charge in [-0.25, -0.2) is 0 Å². The van der Waals surface area contributed by atoms with E-state index in [1.807, 2.05) is 0 Å². The van der Waals surface area contributed by atoms with E-state index in [2.05, 4.69) is 10.6 Å². The monoisotopic (exact) mass is 126 g/mol. The van der Waals surface area contributed by atoms with Crippen molar-refractivity contribution in [2.75, 3.05) is 13.1 Å². The Morgan fingerprint density at radius 3 is 2.67 bits per heavy atom. The van der Waals surface area contributed by atoms with E-state index in [-0.39, 0.29) is 5.91 Å². The van der Waals surface area contributed by atoms with E-state index in [4.69, 9.17) is 0 Å². The molecule has 0 aromatic heterocycles. The van der Waals surface area contributed by atoms with Crippen LogP contribution in [0.4, 0.5) is 0 Å². The predicted molar refractivity (Wildman–Crippen MR) is 33.0 cm³/mol. The van der Waals surface area contributed by atoms with Gasteiger partial charge in [0.15, 0.2) is 0 Å². The average molecular weight is 126 g/mol. The number of amides is 1. The number of hydrogen-bond donors (Lipinski definition) is 2. The fourth-order valence-electron chi connectivity index (χ4n) is 1.16. The van der Waals surface area contributed by atoms with Gasteiger partial charge in [0.2, 0.25) is 5.91 Å². The van der Waals surface area contributed by atoms with Gasteiger partial charge in [-0.05, 0) is 12.8 Å². The van der Waals surface area contributed by atoms with Crippen LogP contribution in [0.25, 0.3) is 0 Å². The minimum Gasteiger partial charge on any atom is -0.353 e. The fraction of sp³-hybridized carbons (Fsp3) is 0.833. The lowest BCUT2D eigenvalue weighted by Gasteiger charge is -2.22. The van der Waals surface area contributed by atoms with Crippen LogP contribution < -0.4 is 10.6 Å². The summed E-state index contributed by atoms with van der Waals surface area (Å²) in [5.74, 6) is 0.132. The molecular formula is C6H10N2O. The van der Waals surface area contributed by atoms with Gasteiger partial charge in [0.05, 0.1) is 6.54 Å². The summed E-state index contributed by atoms with van der Waals surface area (Å²) in [6.45, 7) is 1.35. The maximum atomic E-state index is 10.6. The lowest BCUT2D eigenvalue weighted by atomic mass is 10.2. The summed E-state index contributed by atoms with van der Waals surface area (Å²) in [6, 6.07) is 0. The molecule has 1 saturated carbocycles. The highest BCUT2D eigenvalue weighted by atomic mass is 16.2. The van der Waals surface area contributed by atoms with Crippen LogP contribution in [0.1, 0.15) is 12.8 Å². The Morgan fingerprint density at radius 2 is 2.22 bits per heavy atom. The molecule has 1 spiro atoms. The van der Waals surface area contributed by atoms with Crippen molar-refractivity contribution in [3.63, 3.8) is 0 Å². The fourth-order valence-corrected chi connectivity index (χ4v) is 1.16. The summed E-state index contributed by atoms with van der Waals surface area (Å²) < 4.78 is 0. The molecule has 2 N–H and O–H groups in total. The Labute approximate surface area is 53.8 Å². The normalized spacial score (nSPS) is 30.0. The summed E-state index contributed by atoms with van der Waals surface area (Å²) in [6.07, 6.45) is 2.46. The van der Waals surface area contributed by atoms with Crippen molar-refractivity contribution in [1.29, 1.82) is 0 Å². The average Bonchev–Trinajstić information content (AvgIpc) is 2.60. The van der Waals surface area contributed by atoms with Crippen molar-refractivity contribution in [1.82, 2.24) is 10.6 Å². The van der Waals surface area contributed by atoms with Crippen LogP contribution in [0.5, 0.6) is 0 Å². The number of nitrogens with one attached hydrogen (secondary N) is 2. The molecule has 1 aliphatic carbocycles. The zero-order valence-electron chi connectivity index (χ0n) is 5.24. The van der Waals surface area contributed by atoms with Crippen molar-refractivity contribution in [2.24, 2.45) is 0 Å². The third-order valence-corrected chi connectivity index (χ3v) is 2.10. The summed E-state index contributed by atoms with van der Waals surface area (Å²) in [4.78, 5) is 10.6. The second-order valence-electron chi connectivity index (χ2n) is 2.91. The van der Waals surface area contributed by atoms with Crippen LogP contribution in [0, 0.1) is 0 Å². The molecule has 2 rings (SSSR count). The van der Waals surface area contributed by atoms with Gasteiger partial charge in [-0.2, -0.15) is 0 Å². The Kier molecular flexibility index (Phi) is 0.858. The van der Waals surface area contributed by atoms with Crippen molar-refractivity contribution < 1.29 is 4.79 Å². The lowest BCUT2D eigenvalue weighted by Crippen LogP contribution is -2.53. The second-order valence-corrected chi connectivity index (χ2v) is 2.91. The van der Waals surface area contributed by atoms with Gasteiger partial charge >= 0.3 is 0 Å². The van der Waals surface area contributed by atoms with Gasteiger partial charge < -0.3 is 10.6 Å². The van der Waals surface area contributed by atoms with Crippen molar-refractivity contribution in [3.8, 4) is 0 Å². The highest BCUT2D eigenvalue weighted by Crippen LogP contribution is 2.35. The van der Waals surface area contributed by atoms with Crippen LogP contribution in [0.2, 0.25) is 0 Å². The number of carbonyl (C=O) groups excluding carboxylic acids is 1. The Bertz CT molecular complexity index is 139. The van der Waals surface area contributed by atoms with Crippen LogP contribution in [0.3, 0.4) is 0 Å². The molecule has 50 valence electrons. The van der Waals surface area contributed by atoms with Gasteiger partial charge in [0, 0.05) is 12.1 Å². The Balaban J connectivity index is 1.98. The van der Waals surface area contributed by atoms with Crippen LogP contribution in [-0.2, 0) is 4.79 Å². The predicted octanol–water partition coefficient (Wildman–Crippen LogP) is -0.762. The smallest absolute Gasteiger partial charge is 0.234 e. The number of hydrogen-bond acceptors (Lipinski definition) is 2. The number of rotatable bonds is 0. The molecule has 9 heavy (non-hydrogen) atoms. The Morgan fingerprint density at radius 1 is 1.44 bits per heavy atom. The van der Waals surface area contributed by atoms with E-state index in [0.29, 0.717) is 12.1 Å².